The molecule has 0 radical (unpaired) electrons. The van der Waals surface area contributed by atoms with Gasteiger partial charge in [-0.3, -0.25) is 0 Å². The van der Waals surface area contributed by atoms with Crippen LogP contribution in [0.2, 0.25) is 10.6 Å². The van der Waals surface area contributed by atoms with Crippen LogP contribution in [0.1, 0.15) is 296 Å². The molecule has 0 N–H and O–H groups in total. The highest BCUT2D eigenvalue weighted by molar-refractivity contribution is 6.31. The van der Waals surface area contributed by atoms with Gasteiger partial charge in [0, 0.05) is 0 Å². The van der Waals surface area contributed by atoms with Gasteiger partial charge in [0.05, 0.1) is 19.8 Å². The Labute approximate surface area is 423 Å². The molecule has 0 fully saturated rings. The zero-order chi connectivity index (χ0) is 47.9. The fraction of sp³-hybridized carbons (Fsp3) is 0.845. The number of rotatable bonds is 51. The molecule has 0 amide bonds. The standard InChI is InChI=1S/C58H103Cl2N3O4/c1-4-7-10-13-16-19-22-25-28-31-34-37-40-43-46-64-53-49-52(51-67-58-62-56(59)61-57(60)63-58)50-54(65-47-44-41-38-35-32-29-26-23-20-17-14-11-8-5-2)55(53)66-48-45-42-39-36-33-30-27-24-21-18-15-12-9-6-3/h49-50H,4-48,51H2,1-3H3. The van der Waals surface area contributed by atoms with Crippen LogP contribution in [0.25, 0.3) is 0 Å². The molecule has 388 valence electrons. The van der Waals surface area contributed by atoms with Crippen LogP contribution in [-0.2, 0) is 6.61 Å². The van der Waals surface area contributed by atoms with Crippen LogP contribution in [0.5, 0.6) is 23.3 Å². The lowest BCUT2D eigenvalue weighted by atomic mass is 10.0. The molecule has 7 nitrogen and oxygen atoms in total. The van der Waals surface area contributed by atoms with E-state index in [1.165, 1.54) is 250 Å². The summed E-state index contributed by atoms with van der Waals surface area (Å²) in [5.41, 5.74) is 0.878. The third-order valence-electron chi connectivity index (χ3n) is 13.3. The molecule has 1 aromatic carbocycles. The van der Waals surface area contributed by atoms with Crippen molar-refractivity contribution >= 4 is 23.2 Å². The highest BCUT2D eigenvalue weighted by atomic mass is 35.5. The molecule has 0 saturated heterocycles. The van der Waals surface area contributed by atoms with Gasteiger partial charge < -0.3 is 18.9 Å². The summed E-state index contributed by atoms with van der Waals surface area (Å²) in [6, 6.07) is 4.13. The molecular formula is C58H103Cl2N3O4. The third kappa shape index (κ3) is 36.6. The monoisotopic (exact) mass is 976 g/mol. The molecule has 0 saturated carbocycles. The van der Waals surface area contributed by atoms with E-state index in [2.05, 4.69) is 35.7 Å². The molecule has 0 spiro atoms. The van der Waals surface area contributed by atoms with Gasteiger partial charge >= 0.3 is 6.01 Å². The highest BCUT2D eigenvalue weighted by Crippen LogP contribution is 2.40. The van der Waals surface area contributed by atoms with E-state index in [0.717, 1.165) is 24.8 Å². The van der Waals surface area contributed by atoms with Gasteiger partial charge in [-0.2, -0.15) is 15.0 Å². The van der Waals surface area contributed by atoms with Crippen molar-refractivity contribution in [2.75, 3.05) is 19.8 Å². The first-order valence-electron chi connectivity index (χ1n) is 28.8. The molecule has 2 rings (SSSR count). The molecule has 2 aromatic rings. The second-order valence-electron chi connectivity index (χ2n) is 19.7. The number of ether oxygens (including phenoxy) is 4. The maximum atomic E-state index is 6.62. The number of hydrogen-bond acceptors (Lipinski definition) is 7. The summed E-state index contributed by atoms with van der Waals surface area (Å²) < 4.78 is 25.7. The summed E-state index contributed by atoms with van der Waals surface area (Å²) in [5, 5.41) is -0.00625. The molecule has 0 unspecified atom stereocenters. The van der Waals surface area contributed by atoms with Crippen LogP contribution >= 0.6 is 23.2 Å². The van der Waals surface area contributed by atoms with Gasteiger partial charge in [-0.15, -0.1) is 0 Å². The van der Waals surface area contributed by atoms with Gasteiger partial charge in [0.1, 0.15) is 6.61 Å². The summed E-state index contributed by atoms with van der Waals surface area (Å²) in [4.78, 5) is 12.1. The van der Waals surface area contributed by atoms with E-state index in [1.807, 2.05) is 12.1 Å². The molecule has 1 heterocycles. The Kier molecular flexibility index (Phi) is 42.3. The summed E-state index contributed by atoms with van der Waals surface area (Å²) in [6.45, 7) is 8.98. The zero-order valence-corrected chi connectivity index (χ0v) is 45.4. The molecule has 0 atom stereocenters. The summed E-state index contributed by atoms with van der Waals surface area (Å²) >= 11 is 12.1. The zero-order valence-electron chi connectivity index (χ0n) is 43.9. The first-order chi connectivity index (χ1) is 33.1. The van der Waals surface area contributed by atoms with E-state index in [0.29, 0.717) is 37.1 Å². The average molecular weight is 977 g/mol. The van der Waals surface area contributed by atoms with Crippen molar-refractivity contribution in [1.82, 2.24) is 15.0 Å². The van der Waals surface area contributed by atoms with Gasteiger partial charge in [-0.05, 0) is 60.2 Å². The first kappa shape index (κ1) is 61.1. The van der Waals surface area contributed by atoms with Gasteiger partial charge in [0.2, 0.25) is 16.3 Å². The minimum atomic E-state index is -0.00313. The minimum Gasteiger partial charge on any atom is -0.490 e. The van der Waals surface area contributed by atoms with Crippen LogP contribution in [0.15, 0.2) is 12.1 Å². The first-order valence-corrected chi connectivity index (χ1v) is 29.6. The highest BCUT2D eigenvalue weighted by Gasteiger charge is 2.17. The second kappa shape index (κ2) is 46.4. The van der Waals surface area contributed by atoms with Crippen molar-refractivity contribution in [1.29, 1.82) is 0 Å². The van der Waals surface area contributed by atoms with Crippen LogP contribution < -0.4 is 18.9 Å². The molecule has 67 heavy (non-hydrogen) atoms. The van der Waals surface area contributed by atoms with Crippen molar-refractivity contribution in [2.24, 2.45) is 0 Å². The lowest BCUT2D eigenvalue weighted by Crippen LogP contribution is -2.08. The Morgan fingerprint density at radius 2 is 0.567 bits per heavy atom. The largest absolute Gasteiger partial charge is 0.490 e. The molecule has 9 heteroatoms. The third-order valence-corrected chi connectivity index (χ3v) is 13.6. The molecular weight excluding hydrogens is 874 g/mol. The predicted molar refractivity (Wildman–Crippen MR) is 288 cm³/mol. The summed E-state index contributed by atoms with van der Waals surface area (Å²) in [6.07, 6.45) is 55.8. The fourth-order valence-corrected chi connectivity index (χ4v) is 9.37. The van der Waals surface area contributed by atoms with Crippen molar-refractivity contribution in [3.63, 3.8) is 0 Å². The SMILES string of the molecule is CCCCCCCCCCCCCCCCOc1cc(COc2nc(Cl)nc(Cl)n2)cc(OCCCCCCCCCCCCCCCC)c1OCCCCCCCCCCCCCCCC. The Bertz CT molecular complexity index is 1310. The van der Waals surface area contributed by atoms with Crippen molar-refractivity contribution in [3.8, 4) is 23.3 Å². The minimum absolute atomic E-state index is 0.00313. The number of halogens is 2. The summed E-state index contributed by atoms with van der Waals surface area (Å²) in [7, 11) is 0. The number of benzene rings is 1. The lowest BCUT2D eigenvalue weighted by molar-refractivity contribution is 0.231. The van der Waals surface area contributed by atoms with Gasteiger partial charge in [-0.25, -0.2) is 0 Å². The number of unbranched alkanes of at least 4 members (excludes halogenated alkanes) is 39. The number of hydrogen-bond donors (Lipinski definition) is 0. The number of aromatic nitrogens is 3. The molecule has 0 aliphatic carbocycles. The van der Waals surface area contributed by atoms with Crippen LogP contribution in [-0.4, -0.2) is 34.8 Å². The Hall–Kier alpha value is -1.99. The summed E-state index contributed by atoms with van der Waals surface area (Å²) in [5.74, 6) is 2.13. The number of nitrogens with zero attached hydrogens (tertiary/aromatic N) is 3. The fourth-order valence-electron chi connectivity index (χ4n) is 9.02. The van der Waals surface area contributed by atoms with E-state index in [-0.39, 0.29) is 23.2 Å². The molecule has 1 aromatic heterocycles. The van der Waals surface area contributed by atoms with Gasteiger partial charge in [0.25, 0.3) is 0 Å². The molecule has 0 bridgehead atoms. The van der Waals surface area contributed by atoms with Crippen LogP contribution in [0, 0.1) is 0 Å². The van der Waals surface area contributed by atoms with E-state index in [1.54, 1.807) is 0 Å². The Morgan fingerprint density at radius 3 is 0.851 bits per heavy atom. The topological polar surface area (TPSA) is 75.6 Å². The second-order valence-corrected chi connectivity index (χ2v) is 20.4. The van der Waals surface area contributed by atoms with E-state index < -0.39 is 0 Å². The van der Waals surface area contributed by atoms with Crippen molar-refractivity contribution < 1.29 is 18.9 Å². The quantitative estimate of drug-likeness (QED) is 0.0611. The van der Waals surface area contributed by atoms with Crippen molar-refractivity contribution in [3.05, 3.63) is 28.3 Å². The Balaban J connectivity index is 1.93. The predicted octanol–water partition coefficient (Wildman–Crippen LogP) is 20.3. The van der Waals surface area contributed by atoms with E-state index in [9.17, 15) is 0 Å². The van der Waals surface area contributed by atoms with Gasteiger partial charge in [-0.1, -0.05) is 271 Å². The normalized spacial score (nSPS) is 11.4. The van der Waals surface area contributed by atoms with Gasteiger partial charge in [0.15, 0.2) is 11.5 Å². The van der Waals surface area contributed by atoms with E-state index in [4.69, 9.17) is 42.1 Å². The maximum Gasteiger partial charge on any atom is 0.322 e. The van der Waals surface area contributed by atoms with Crippen LogP contribution in [0.3, 0.4) is 0 Å². The van der Waals surface area contributed by atoms with Crippen LogP contribution in [0.4, 0.5) is 0 Å². The smallest absolute Gasteiger partial charge is 0.322 e. The van der Waals surface area contributed by atoms with E-state index >= 15 is 0 Å². The lowest BCUT2D eigenvalue weighted by Gasteiger charge is -2.19. The maximum absolute atomic E-state index is 6.62. The molecule has 0 aliphatic rings. The van der Waals surface area contributed by atoms with Crippen molar-refractivity contribution in [2.45, 2.75) is 297 Å². The Morgan fingerprint density at radius 1 is 0.313 bits per heavy atom. The molecule has 0 aliphatic heterocycles. The average Bonchev–Trinajstić information content (AvgIpc) is 3.32.